The van der Waals surface area contributed by atoms with Gasteiger partial charge in [-0.15, -0.1) is 0 Å². The minimum atomic E-state index is -1.24. The van der Waals surface area contributed by atoms with Crippen molar-refractivity contribution in [3.8, 4) is 0 Å². The molecule has 367 valence electrons. The molecule has 0 bridgehead atoms. The van der Waals surface area contributed by atoms with Gasteiger partial charge in [-0.2, -0.15) is 0 Å². The van der Waals surface area contributed by atoms with Gasteiger partial charge >= 0.3 is 23.9 Å². The Balaban J connectivity index is -0.000000406. The van der Waals surface area contributed by atoms with E-state index < -0.39 is 61.1 Å². The molecule has 4 aromatic rings. The smallest absolute Gasteiger partial charge is 0.350 e. The summed E-state index contributed by atoms with van der Waals surface area (Å²) in [4.78, 5) is 58.6. The van der Waals surface area contributed by atoms with Crippen molar-refractivity contribution in [1.82, 2.24) is 4.98 Å². The summed E-state index contributed by atoms with van der Waals surface area (Å²) in [6, 6.07) is 20.9. The summed E-state index contributed by atoms with van der Waals surface area (Å²) in [6.07, 6.45) is 0.727. The number of nitrogens with one attached hydrogen (secondary N) is 2. The van der Waals surface area contributed by atoms with Crippen molar-refractivity contribution in [2.24, 2.45) is 0 Å². The second-order valence-electron chi connectivity index (χ2n) is 15.0. The fourth-order valence-electron chi connectivity index (χ4n) is 4.65. The second-order valence-corrected chi connectivity index (χ2v) is 16.2. The summed E-state index contributed by atoms with van der Waals surface area (Å²) in [7, 11) is 59.7. The van der Waals surface area contributed by atoms with Crippen LogP contribution in [0.4, 0.5) is 11.4 Å². The molecule has 0 spiro atoms. The number of nitrogens with two attached hydrogens (primary N) is 1. The molecule has 2 aliphatic rings. The van der Waals surface area contributed by atoms with Crippen molar-refractivity contribution in [3.63, 3.8) is 0 Å². The average Bonchev–Trinajstić information content (AvgIpc) is 3.31. The molecule has 0 aliphatic carbocycles. The lowest BCUT2D eigenvalue weighted by molar-refractivity contribution is -0.252. The van der Waals surface area contributed by atoms with Gasteiger partial charge in [-0.1, -0.05) is 72.6 Å². The number of rotatable bonds is 10. The molecule has 1 aromatic heterocycles. The van der Waals surface area contributed by atoms with Crippen molar-refractivity contribution >= 4 is 221 Å². The molecule has 37 heteroatoms. The SMILES string of the molecule is C.CC1(C)OC(=O)C(=CNc2ccccc2Cl)C(=O)O1.CC1(C)OC(=O)CC(=O)O1.COC(OC)OC.Nc1ccccc1Cl.O=c1cc[nH]c2c(Cl)cccc12.[B].[B]B([B])[B]B([B])B([B])[B].[B][B]B([B])[B][B].[B][B][B]. The Morgan fingerprint density at radius 3 is 1.49 bits per heavy atom. The van der Waals surface area contributed by atoms with Crippen molar-refractivity contribution < 1.29 is 52.3 Å². The predicted molar refractivity (Wildman–Crippen MR) is 327 cm³/mol. The summed E-state index contributed by atoms with van der Waals surface area (Å²) in [6.45, 7) is 5.49. The summed E-state index contributed by atoms with van der Waals surface area (Å²) in [5.74, 6) is -4.84. The van der Waals surface area contributed by atoms with Crippen LogP contribution in [-0.4, -0.2) is 208 Å². The van der Waals surface area contributed by atoms with Gasteiger partial charge < -0.3 is 49.2 Å². The number of carbonyl (C=O) groups is 4. The van der Waals surface area contributed by atoms with Crippen LogP contribution in [-0.2, 0) is 52.3 Å². The van der Waals surface area contributed by atoms with Crippen LogP contribution in [0, 0.1) is 0 Å². The summed E-state index contributed by atoms with van der Waals surface area (Å²) >= 11 is 17.4. The number of nitrogen functional groups attached to an aromatic ring is 1. The first-order valence-corrected chi connectivity index (χ1v) is 22.4. The van der Waals surface area contributed by atoms with Crippen LogP contribution in [0.5, 0.6) is 0 Å². The maximum Gasteiger partial charge on any atom is 0.350 e. The molecule has 0 atom stereocenters. The molecule has 3 aromatic carbocycles. The number of H-pyrrole nitrogens is 1. The lowest BCUT2D eigenvalue weighted by Crippen LogP contribution is -2.50. The van der Waals surface area contributed by atoms with E-state index in [1.807, 2.05) is 12.1 Å². The van der Waals surface area contributed by atoms with Crippen LogP contribution < -0.4 is 16.5 Å². The molecule has 27 radical (unpaired) electrons. The van der Waals surface area contributed by atoms with Gasteiger partial charge in [-0.05, 0) is 36.4 Å². The highest BCUT2D eigenvalue weighted by atomic mass is 35.5. The molecule has 0 amide bonds. The molecule has 2 aliphatic heterocycles. The Bertz CT molecular complexity index is 2320. The number of carbonyl (C=O) groups excluding carboxylic acids is 4. The third kappa shape index (κ3) is 35.5. The zero-order chi connectivity index (χ0) is 57.2. The quantitative estimate of drug-likeness (QED) is 0.0375. The molecule has 3 heterocycles. The van der Waals surface area contributed by atoms with Gasteiger partial charge in [0.05, 0.1) is 32.0 Å². The Hall–Kier alpha value is -3.93. The number of esters is 4. The number of anilines is 2. The van der Waals surface area contributed by atoms with Gasteiger partial charge in [0.2, 0.25) is 0 Å². The van der Waals surface area contributed by atoms with Crippen LogP contribution in [0.15, 0.2) is 95.6 Å². The van der Waals surface area contributed by atoms with Gasteiger partial charge in [0.1, 0.15) is 6.42 Å². The number of benzene rings is 3. The minimum absolute atomic E-state index is 0. The highest BCUT2D eigenvalue weighted by Gasteiger charge is 2.39. The number of ether oxygens (including phenoxy) is 7. The Morgan fingerprint density at radius 1 is 0.697 bits per heavy atom. The number of methoxy groups -OCH3 is 3. The van der Waals surface area contributed by atoms with Crippen molar-refractivity contribution in [2.75, 3.05) is 32.4 Å². The van der Waals surface area contributed by atoms with Crippen LogP contribution in [0.2, 0.25) is 15.1 Å². The summed E-state index contributed by atoms with van der Waals surface area (Å²) in [5.41, 5.74) is 7.08. The van der Waals surface area contributed by atoms with E-state index in [4.69, 9.17) is 112 Å². The van der Waals surface area contributed by atoms with Crippen LogP contribution in [0.1, 0.15) is 41.5 Å². The number of aromatic amines is 1. The standard InChI is InChI=1S/C13H12ClNO4.C9H6ClNO.C6H6ClN.C6H8O4.C4H10O3.CH4.B9.B6.B3.B/c1-13(2)18-11(16)8(12(17)19-13)7-15-10-6-4-3-5-9(10)14;10-7-3-1-2-6-8(12)4-5-11-9(6)7;7-5-3-1-2-4-6(5)8;1-6(2)9-4(7)3-5(8)10-6;1-5-4(6-2)7-3;;1-7(2)6-9(5)8(3)4;1-4-6(3)5-2;1-3-2;/h3-7,15H,1-2H3;1-5H,(H,11,12);1-4H,8H2;3H2,1-2H3;4H,1-3H3;1H4;;;;. The second kappa shape index (κ2) is 43.0. The molecule has 6 rings (SSSR count). The lowest BCUT2D eigenvalue weighted by Gasteiger charge is -2.29. The molecular weight excluding hydrogens is 1010 g/mol. The van der Waals surface area contributed by atoms with Gasteiger partial charge in [0.15, 0.2) is 11.0 Å². The molecule has 4 N–H and O–H groups in total. The van der Waals surface area contributed by atoms with Gasteiger partial charge in [-0.25, -0.2) is 9.59 Å². The number of halogens is 3. The monoisotopic (exact) mass is 1060 g/mol. The Kier molecular flexibility index (Phi) is 44.5. The largest absolute Gasteiger partial charge is 0.423 e. The molecule has 2 saturated heterocycles. The average molecular weight is 1060 g/mol. The first kappa shape index (κ1) is 78.6. The first-order valence-electron chi connectivity index (χ1n) is 21.3. The fraction of sp³-hybridized carbons (Fsp3) is 0.308. The number of para-hydroxylation sites is 3. The normalized spacial score (nSPS) is 12.6. The summed E-state index contributed by atoms with van der Waals surface area (Å²) in [5, 5.41) is 5.07. The maximum absolute atomic E-state index is 11.7. The highest BCUT2D eigenvalue weighted by molar-refractivity contribution is 7.88. The number of cyclic esters (lactones) is 4. The van der Waals surface area contributed by atoms with Crippen molar-refractivity contribution in [2.45, 2.75) is 59.6 Å². The molecule has 15 nitrogen and oxygen atoms in total. The van der Waals surface area contributed by atoms with Crippen molar-refractivity contribution in [1.29, 1.82) is 0 Å². The van der Waals surface area contributed by atoms with E-state index in [1.165, 1.54) is 82.5 Å². The Labute approximate surface area is 483 Å². The van der Waals surface area contributed by atoms with E-state index in [0.717, 1.165) is 7.06 Å². The maximum atomic E-state index is 11.7. The molecular formula is C39H46B19Cl3N3O12. The number of fused-ring (bicyclic) bond motifs is 1. The number of hydrogen-bond acceptors (Lipinski definition) is 14. The van der Waals surface area contributed by atoms with E-state index in [9.17, 15) is 24.0 Å². The highest BCUT2D eigenvalue weighted by Crippen LogP contribution is 2.25. The number of aromatic nitrogens is 1. The van der Waals surface area contributed by atoms with E-state index in [0.29, 0.717) is 37.3 Å². The van der Waals surface area contributed by atoms with E-state index in [2.05, 4.69) is 49.5 Å². The molecule has 2 fully saturated rings. The first-order chi connectivity index (χ1) is 34.6. The molecule has 0 saturated carbocycles. The zero-order valence-electron chi connectivity index (χ0n) is 42.4. The zero-order valence-corrected chi connectivity index (χ0v) is 44.7. The molecule has 76 heavy (non-hydrogen) atoms. The predicted octanol–water partition coefficient (Wildman–Crippen LogP) is 0.398. The van der Waals surface area contributed by atoms with Gasteiger partial charge in [-0.3, -0.25) is 14.4 Å². The van der Waals surface area contributed by atoms with Crippen LogP contribution >= 0.6 is 34.8 Å². The third-order valence-electron chi connectivity index (χ3n) is 7.93. The lowest BCUT2D eigenvalue weighted by atomic mass is 8.70. The fourth-order valence-corrected chi connectivity index (χ4v) is 5.20. The van der Waals surface area contributed by atoms with E-state index >= 15 is 0 Å². The minimum Gasteiger partial charge on any atom is -0.423 e. The van der Waals surface area contributed by atoms with E-state index in [1.54, 1.807) is 60.8 Å². The summed E-state index contributed by atoms with van der Waals surface area (Å²) < 4.78 is 33.0. The van der Waals surface area contributed by atoms with Crippen LogP contribution in [0.3, 0.4) is 0 Å². The third-order valence-corrected chi connectivity index (χ3v) is 8.92. The number of pyridine rings is 1. The molecule has 0 unspecified atom stereocenters. The number of hydrogen-bond donors (Lipinski definition) is 3. The van der Waals surface area contributed by atoms with Crippen molar-refractivity contribution in [3.05, 3.63) is 116 Å². The van der Waals surface area contributed by atoms with Gasteiger partial charge in [0, 0.05) is 212 Å². The van der Waals surface area contributed by atoms with Gasteiger partial charge in [0.25, 0.3) is 18.1 Å². The Morgan fingerprint density at radius 2 is 1.14 bits per heavy atom. The topological polar surface area (TPSA) is 204 Å². The van der Waals surface area contributed by atoms with Crippen LogP contribution in [0.25, 0.3) is 10.9 Å². The van der Waals surface area contributed by atoms with E-state index in [-0.39, 0.29) is 39.6 Å².